The molecule has 0 spiro atoms. The first-order valence-corrected chi connectivity index (χ1v) is 8.55. The Morgan fingerprint density at radius 2 is 1.88 bits per heavy atom. The number of likely N-dealkylation sites (tertiary alicyclic amines) is 1. The van der Waals surface area contributed by atoms with Gasteiger partial charge in [-0.3, -0.25) is 4.90 Å². The Morgan fingerprint density at radius 3 is 2.65 bits per heavy atom. The van der Waals surface area contributed by atoms with Gasteiger partial charge in [0.15, 0.2) is 0 Å². The van der Waals surface area contributed by atoms with E-state index in [1.165, 1.54) is 17.0 Å². The Morgan fingerprint density at radius 1 is 1.04 bits per heavy atom. The maximum absolute atomic E-state index is 13.5. The molecule has 0 aliphatic carbocycles. The lowest BCUT2D eigenvalue weighted by Crippen LogP contribution is -2.32. The summed E-state index contributed by atoms with van der Waals surface area (Å²) >= 11 is 0. The Labute approximate surface area is 148 Å². The van der Waals surface area contributed by atoms with Crippen molar-refractivity contribution in [2.75, 3.05) is 19.6 Å². The minimum Gasteiger partial charge on any atom is -0.316 e. The van der Waals surface area contributed by atoms with Crippen molar-refractivity contribution in [1.29, 1.82) is 0 Å². The van der Waals surface area contributed by atoms with Crippen LogP contribution in [-0.2, 0) is 0 Å². The average Bonchev–Trinajstić information content (AvgIpc) is 3.19. The fraction of sp³-hybridized carbons (Fsp3) is 0.300. The van der Waals surface area contributed by atoms with E-state index in [2.05, 4.69) is 0 Å². The SMILES string of the molecule is Fc1cccc(-n2ccc3cc(C4CCN(CC(F)(F)F)C4)ccc32)c1. The molecule has 1 saturated heterocycles. The van der Waals surface area contributed by atoms with Gasteiger partial charge < -0.3 is 4.57 Å². The average molecular weight is 362 g/mol. The molecule has 4 rings (SSSR count). The van der Waals surface area contributed by atoms with Gasteiger partial charge in [-0.15, -0.1) is 0 Å². The van der Waals surface area contributed by atoms with E-state index in [4.69, 9.17) is 0 Å². The normalized spacial score (nSPS) is 18.7. The Balaban J connectivity index is 1.58. The predicted octanol–water partition coefficient (Wildman–Crippen LogP) is 5.12. The van der Waals surface area contributed by atoms with Gasteiger partial charge in [-0.05, 0) is 60.8 Å². The van der Waals surface area contributed by atoms with Crippen molar-refractivity contribution < 1.29 is 17.6 Å². The maximum Gasteiger partial charge on any atom is 0.401 e. The van der Waals surface area contributed by atoms with Crippen LogP contribution in [0.25, 0.3) is 16.6 Å². The number of hydrogen-bond acceptors (Lipinski definition) is 1. The van der Waals surface area contributed by atoms with E-state index < -0.39 is 12.7 Å². The van der Waals surface area contributed by atoms with Gasteiger partial charge in [0.05, 0.1) is 12.1 Å². The van der Waals surface area contributed by atoms with Gasteiger partial charge >= 0.3 is 6.18 Å². The number of nitrogens with zero attached hydrogens (tertiary/aromatic N) is 2. The zero-order chi connectivity index (χ0) is 18.3. The van der Waals surface area contributed by atoms with Crippen LogP contribution in [0.5, 0.6) is 0 Å². The van der Waals surface area contributed by atoms with Gasteiger partial charge in [-0.2, -0.15) is 13.2 Å². The van der Waals surface area contributed by atoms with E-state index >= 15 is 0 Å². The molecule has 2 nitrogen and oxygen atoms in total. The fourth-order valence-corrected chi connectivity index (χ4v) is 3.77. The van der Waals surface area contributed by atoms with Crippen LogP contribution in [0.3, 0.4) is 0 Å². The molecule has 2 aromatic carbocycles. The molecule has 6 heteroatoms. The molecule has 0 radical (unpaired) electrons. The number of halogens is 4. The Kier molecular flexibility index (Phi) is 4.23. The van der Waals surface area contributed by atoms with Gasteiger partial charge in [0.1, 0.15) is 5.82 Å². The van der Waals surface area contributed by atoms with Gasteiger partial charge in [0.2, 0.25) is 0 Å². The summed E-state index contributed by atoms with van der Waals surface area (Å²) < 4.78 is 53.1. The molecular formula is C20H18F4N2. The quantitative estimate of drug-likeness (QED) is 0.587. The lowest BCUT2D eigenvalue weighted by atomic mass is 9.97. The van der Waals surface area contributed by atoms with Crippen LogP contribution >= 0.6 is 0 Å². The van der Waals surface area contributed by atoms with E-state index in [-0.39, 0.29) is 11.7 Å². The fourth-order valence-electron chi connectivity index (χ4n) is 3.77. The van der Waals surface area contributed by atoms with E-state index in [1.54, 1.807) is 6.07 Å². The monoisotopic (exact) mass is 362 g/mol. The summed E-state index contributed by atoms with van der Waals surface area (Å²) in [5.41, 5.74) is 2.74. The van der Waals surface area contributed by atoms with E-state index in [0.717, 1.165) is 28.6 Å². The molecule has 3 aromatic rings. The van der Waals surface area contributed by atoms with Crippen LogP contribution in [0.15, 0.2) is 54.7 Å². The highest BCUT2D eigenvalue weighted by molar-refractivity contribution is 5.82. The third-order valence-electron chi connectivity index (χ3n) is 4.95. The second kappa shape index (κ2) is 6.43. The molecule has 0 amide bonds. The highest BCUT2D eigenvalue weighted by atomic mass is 19.4. The van der Waals surface area contributed by atoms with E-state index in [1.807, 2.05) is 41.1 Å². The highest BCUT2D eigenvalue weighted by Crippen LogP contribution is 2.32. The molecule has 0 saturated carbocycles. The van der Waals surface area contributed by atoms with Crippen LogP contribution in [0.4, 0.5) is 17.6 Å². The van der Waals surface area contributed by atoms with Gasteiger partial charge in [-0.25, -0.2) is 4.39 Å². The molecule has 1 aliphatic rings. The smallest absolute Gasteiger partial charge is 0.316 e. The van der Waals surface area contributed by atoms with Crippen molar-refractivity contribution in [3.05, 3.63) is 66.1 Å². The third kappa shape index (κ3) is 3.46. The topological polar surface area (TPSA) is 8.17 Å². The summed E-state index contributed by atoms with van der Waals surface area (Å²) in [7, 11) is 0. The number of alkyl halides is 3. The van der Waals surface area contributed by atoms with Crippen molar-refractivity contribution in [2.45, 2.75) is 18.5 Å². The molecular weight excluding hydrogens is 344 g/mol. The molecule has 26 heavy (non-hydrogen) atoms. The second-order valence-corrected chi connectivity index (χ2v) is 6.82. The molecule has 1 atom stereocenters. The predicted molar refractivity (Wildman–Crippen MR) is 93.1 cm³/mol. The molecule has 0 bridgehead atoms. The summed E-state index contributed by atoms with van der Waals surface area (Å²) in [4.78, 5) is 1.47. The first kappa shape index (κ1) is 17.1. The van der Waals surface area contributed by atoms with Crippen molar-refractivity contribution in [2.24, 2.45) is 0 Å². The molecule has 1 aliphatic heterocycles. The van der Waals surface area contributed by atoms with E-state index in [9.17, 15) is 17.6 Å². The molecule has 1 aromatic heterocycles. The standard InChI is InChI=1S/C20H18F4N2/c21-17-2-1-3-18(11-17)26-9-7-15-10-14(4-5-19(15)26)16-6-8-25(12-16)13-20(22,23)24/h1-5,7,9-11,16H,6,8,12-13H2. The minimum atomic E-state index is -4.15. The minimum absolute atomic E-state index is 0.110. The van der Waals surface area contributed by atoms with Crippen LogP contribution in [0, 0.1) is 5.82 Å². The van der Waals surface area contributed by atoms with E-state index in [0.29, 0.717) is 13.1 Å². The Bertz CT molecular complexity index is 929. The summed E-state index contributed by atoms with van der Waals surface area (Å²) in [5, 5.41) is 1.00. The summed E-state index contributed by atoms with van der Waals surface area (Å²) in [6.07, 6.45) is -1.54. The highest BCUT2D eigenvalue weighted by Gasteiger charge is 2.34. The number of hydrogen-bond donors (Lipinski definition) is 0. The van der Waals surface area contributed by atoms with Crippen LogP contribution in [-0.4, -0.2) is 35.3 Å². The number of fused-ring (bicyclic) bond motifs is 1. The zero-order valence-corrected chi connectivity index (χ0v) is 14.0. The molecule has 1 fully saturated rings. The molecule has 136 valence electrons. The summed E-state index contributed by atoms with van der Waals surface area (Å²) in [6.45, 7) is 0.0455. The maximum atomic E-state index is 13.5. The lowest BCUT2D eigenvalue weighted by Gasteiger charge is -2.18. The van der Waals surface area contributed by atoms with Crippen LogP contribution < -0.4 is 0 Å². The third-order valence-corrected chi connectivity index (χ3v) is 4.95. The van der Waals surface area contributed by atoms with Crippen molar-refractivity contribution >= 4 is 10.9 Å². The molecule has 1 unspecified atom stereocenters. The summed E-state index contributed by atoms with van der Waals surface area (Å²) in [5.74, 6) is -0.184. The van der Waals surface area contributed by atoms with Gasteiger partial charge in [0.25, 0.3) is 0 Å². The Hall–Kier alpha value is -2.34. The van der Waals surface area contributed by atoms with Crippen molar-refractivity contribution in [3.8, 4) is 5.69 Å². The second-order valence-electron chi connectivity index (χ2n) is 6.82. The van der Waals surface area contributed by atoms with Crippen molar-refractivity contribution in [3.63, 3.8) is 0 Å². The van der Waals surface area contributed by atoms with Gasteiger partial charge in [0, 0.05) is 23.8 Å². The van der Waals surface area contributed by atoms with Gasteiger partial charge in [-0.1, -0.05) is 12.1 Å². The number of aromatic nitrogens is 1. The first-order valence-electron chi connectivity index (χ1n) is 8.55. The van der Waals surface area contributed by atoms with Crippen LogP contribution in [0.1, 0.15) is 17.9 Å². The van der Waals surface area contributed by atoms with Crippen molar-refractivity contribution in [1.82, 2.24) is 9.47 Å². The largest absolute Gasteiger partial charge is 0.401 e. The number of rotatable bonds is 3. The molecule has 0 N–H and O–H groups in total. The van der Waals surface area contributed by atoms with Crippen LogP contribution in [0.2, 0.25) is 0 Å². The summed E-state index contributed by atoms with van der Waals surface area (Å²) in [6, 6.07) is 14.3. The molecule has 2 heterocycles. The lowest BCUT2D eigenvalue weighted by molar-refractivity contribution is -0.143. The first-order chi connectivity index (χ1) is 12.4. The zero-order valence-electron chi connectivity index (χ0n) is 14.0. The number of benzene rings is 2.